The molecule has 0 N–H and O–H groups in total. The lowest BCUT2D eigenvalue weighted by molar-refractivity contribution is -0.154. The summed E-state index contributed by atoms with van der Waals surface area (Å²) in [6.45, 7) is 2.55. The van der Waals surface area contributed by atoms with Gasteiger partial charge in [-0.1, -0.05) is 30.3 Å². The normalized spacial score (nSPS) is 19.5. The first-order valence-corrected chi connectivity index (χ1v) is 5.67. The summed E-state index contributed by atoms with van der Waals surface area (Å²) in [4.78, 5) is 24.4. The van der Waals surface area contributed by atoms with Crippen LogP contribution < -0.4 is 0 Å². The van der Waals surface area contributed by atoms with Gasteiger partial charge in [0.2, 0.25) is 0 Å². The van der Waals surface area contributed by atoms with E-state index in [2.05, 4.69) is 0 Å². The summed E-state index contributed by atoms with van der Waals surface area (Å²) < 4.78 is 4.96. The van der Waals surface area contributed by atoms with Gasteiger partial charge in [-0.25, -0.2) is 0 Å². The molecule has 1 aliphatic rings. The van der Waals surface area contributed by atoms with Crippen LogP contribution in [0.5, 0.6) is 0 Å². The van der Waals surface area contributed by atoms with E-state index in [9.17, 15) is 9.59 Å². The molecule has 17 heavy (non-hydrogen) atoms. The van der Waals surface area contributed by atoms with E-state index >= 15 is 0 Å². The standard InChI is InChI=1S/C13H15NO3/c1-10(15)17-12-7-8-14(13(12)16)9-11-5-3-2-4-6-11/h2-6,12H,7-9H2,1H3. The van der Waals surface area contributed by atoms with Gasteiger partial charge >= 0.3 is 5.97 Å². The Balaban J connectivity index is 1.96. The highest BCUT2D eigenvalue weighted by molar-refractivity contribution is 5.85. The number of esters is 1. The maximum atomic E-state index is 11.9. The van der Waals surface area contributed by atoms with Crippen LogP contribution >= 0.6 is 0 Å². The number of nitrogens with zero attached hydrogens (tertiary/aromatic N) is 1. The molecule has 1 amide bonds. The second kappa shape index (κ2) is 4.99. The number of rotatable bonds is 3. The quantitative estimate of drug-likeness (QED) is 0.740. The van der Waals surface area contributed by atoms with Gasteiger partial charge in [0.15, 0.2) is 6.10 Å². The van der Waals surface area contributed by atoms with Crippen molar-refractivity contribution in [1.82, 2.24) is 4.90 Å². The highest BCUT2D eigenvalue weighted by Crippen LogP contribution is 2.17. The average molecular weight is 233 g/mol. The summed E-state index contributed by atoms with van der Waals surface area (Å²) in [5.41, 5.74) is 1.09. The third kappa shape index (κ3) is 2.84. The lowest BCUT2D eigenvalue weighted by Gasteiger charge is -2.16. The van der Waals surface area contributed by atoms with Crippen LogP contribution in [0.1, 0.15) is 18.9 Å². The maximum Gasteiger partial charge on any atom is 0.303 e. The van der Waals surface area contributed by atoms with Crippen molar-refractivity contribution in [3.05, 3.63) is 35.9 Å². The monoisotopic (exact) mass is 233 g/mol. The molecule has 0 radical (unpaired) electrons. The van der Waals surface area contributed by atoms with E-state index in [0.29, 0.717) is 19.5 Å². The fourth-order valence-electron chi connectivity index (χ4n) is 1.98. The molecule has 1 unspecified atom stereocenters. The van der Waals surface area contributed by atoms with Crippen LogP contribution in [-0.2, 0) is 20.9 Å². The minimum Gasteiger partial charge on any atom is -0.452 e. The Labute approximate surface area is 100 Å². The second-order valence-electron chi connectivity index (χ2n) is 4.13. The molecule has 1 saturated heterocycles. The van der Waals surface area contributed by atoms with Crippen molar-refractivity contribution in [3.63, 3.8) is 0 Å². The van der Waals surface area contributed by atoms with Crippen LogP contribution in [0, 0.1) is 0 Å². The molecule has 1 fully saturated rings. The summed E-state index contributed by atoms with van der Waals surface area (Å²) >= 11 is 0. The Morgan fingerprint density at radius 1 is 1.41 bits per heavy atom. The highest BCUT2D eigenvalue weighted by atomic mass is 16.5. The number of amides is 1. The molecular weight excluding hydrogens is 218 g/mol. The molecule has 1 atom stereocenters. The summed E-state index contributed by atoms with van der Waals surface area (Å²) in [5.74, 6) is -0.492. The molecule has 0 saturated carbocycles. The Bertz CT molecular complexity index is 416. The lowest BCUT2D eigenvalue weighted by Crippen LogP contribution is -2.31. The minimum absolute atomic E-state index is 0.0935. The Morgan fingerprint density at radius 2 is 2.12 bits per heavy atom. The topological polar surface area (TPSA) is 46.6 Å². The molecule has 0 spiro atoms. The molecule has 0 bridgehead atoms. The van der Waals surface area contributed by atoms with E-state index in [4.69, 9.17) is 4.74 Å². The van der Waals surface area contributed by atoms with Crippen LogP contribution in [0.3, 0.4) is 0 Å². The van der Waals surface area contributed by atoms with Crippen molar-refractivity contribution < 1.29 is 14.3 Å². The van der Waals surface area contributed by atoms with Gasteiger partial charge in [-0.05, 0) is 5.56 Å². The zero-order valence-electron chi connectivity index (χ0n) is 9.76. The minimum atomic E-state index is -0.587. The van der Waals surface area contributed by atoms with Gasteiger partial charge in [0.25, 0.3) is 5.91 Å². The van der Waals surface area contributed by atoms with Crippen LogP contribution in [0.25, 0.3) is 0 Å². The fraction of sp³-hybridized carbons (Fsp3) is 0.385. The SMILES string of the molecule is CC(=O)OC1CCN(Cc2ccccc2)C1=O. The molecule has 4 heteroatoms. The molecular formula is C13H15NO3. The molecule has 90 valence electrons. The third-order valence-corrected chi connectivity index (χ3v) is 2.77. The van der Waals surface area contributed by atoms with Crippen molar-refractivity contribution >= 4 is 11.9 Å². The average Bonchev–Trinajstić information content (AvgIpc) is 2.62. The zero-order chi connectivity index (χ0) is 12.3. The Kier molecular flexibility index (Phi) is 3.42. The third-order valence-electron chi connectivity index (χ3n) is 2.77. The molecule has 0 aliphatic carbocycles. The van der Waals surface area contributed by atoms with Crippen molar-refractivity contribution in [2.45, 2.75) is 26.0 Å². The van der Waals surface area contributed by atoms with Gasteiger partial charge in [0.05, 0.1) is 0 Å². The lowest BCUT2D eigenvalue weighted by atomic mass is 10.2. The number of hydrogen-bond acceptors (Lipinski definition) is 3. The molecule has 1 aromatic carbocycles. The van der Waals surface area contributed by atoms with Crippen LogP contribution in [-0.4, -0.2) is 29.4 Å². The molecule has 1 heterocycles. The van der Waals surface area contributed by atoms with Crippen LogP contribution in [0.2, 0.25) is 0 Å². The largest absolute Gasteiger partial charge is 0.452 e. The number of hydrogen-bond donors (Lipinski definition) is 0. The number of likely N-dealkylation sites (tertiary alicyclic amines) is 1. The Hall–Kier alpha value is -1.84. The predicted octanol–water partition coefficient (Wildman–Crippen LogP) is 1.35. The van der Waals surface area contributed by atoms with E-state index in [0.717, 1.165) is 5.56 Å². The zero-order valence-corrected chi connectivity index (χ0v) is 9.76. The van der Waals surface area contributed by atoms with Crippen molar-refractivity contribution in [2.24, 2.45) is 0 Å². The molecule has 1 aromatic rings. The molecule has 1 aliphatic heterocycles. The first kappa shape index (κ1) is 11.6. The van der Waals surface area contributed by atoms with E-state index in [-0.39, 0.29) is 5.91 Å². The molecule has 4 nitrogen and oxygen atoms in total. The van der Waals surface area contributed by atoms with Gasteiger partial charge in [-0.15, -0.1) is 0 Å². The van der Waals surface area contributed by atoms with Gasteiger partial charge < -0.3 is 9.64 Å². The number of carbonyl (C=O) groups excluding carboxylic acids is 2. The van der Waals surface area contributed by atoms with Crippen molar-refractivity contribution in [1.29, 1.82) is 0 Å². The summed E-state index contributed by atoms with van der Waals surface area (Å²) in [6.07, 6.45) is 0.00170. The second-order valence-corrected chi connectivity index (χ2v) is 4.13. The predicted molar refractivity (Wildman–Crippen MR) is 62.0 cm³/mol. The summed E-state index contributed by atoms with van der Waals surface area (Å²) in [7, 11) is 0. The number of carbonyl (C=O) groups is 2. The molecule has 2 rings (SSSR count). The Morgan fingerprint density at radius 3 is 2.76 bits per heavy atom. The maximum absolute atomic E-state index is 11.9. The first-order chi connectivity index (χ1) is 8.16. The van der Waals surface area contributed by atoms with E-state index < -0.39 is 12.1 Å². The number of ether oxygens (including phenoxy) is 1. The first-order valence-electron chi connectivity index (χ1n) is 5.67. The highest BCUT2D eigenvalue weighted by Gasteiger charge is 2.33. The molecule has 0 aromatic heterocycles. The summed E-state index contributed by atoms with van der Waals surface area (Å²) in [5, 5.41) is 0. The van der Waals surface area contributed by atoms with Crippen molar-refractivity contribution in [3.8, 4) is 0 Å². The van der Waals surface area contributed by atoms with E-state index in [1.54, 1.807) is 4.90 Å². The van der Waals surface area contributed by atoms with Gasteiger partial charge in [0.1, 0.15) is 0 Å². The van der Waals surface area contributed by atoms with E-state index in [1.807, 2.05) is 30.3 Å². The van der Waals surface area contributed by atoms with Crippen LogP contribution in [0.15, 0.2) is 30.3 Å². The van der Waals surface area contributed by atoms with E-state index in [1.165, 1.54) is 6.92 Å². The van der Waals surface area contributed by atoms with Gasteiger partial charge in [-0.2, -0.15) is 0 Å². The van der Waals surface area contributed by atoms with Gasteiger partial charge in [0, 0.05) is 26.4 Å². The smallest absolute Gasteiger partial charge is 0.303 e. The summed E-state index contributed by atoms with van der Waals surface area (Å²) in [6, 6.07) is 9.79. The van der Waals surface area contributed by atoms with Crippen molar-refractivity contribution in [2.75, 3.05) is 6.54 Å². The van der Waals surface area contributed by atoms with Gasteiger partial charge in [-0.3, -0.25) is 9.59 Å². The number of benzene rings is 1. The fourth-order valence-corrected chi connectivity index (χ4v) is 1.98. The van der Waals surface area contributed by atoms with Crippen LogP contribution in [0.4, 0.5) is 0 Å².